The number of fused-ring (bicyclic) bond motifs is 1. The van der Waals surface area contributed by atoms with Gasteiger partial charge in [-0.3, -0.25) is 4.79 Å². The maximum Gasteiger partial charge on any atom is 0.245 e. The smallest absolute Gasteiger partial charge is 0.245 e. The lowest BCUT2D eigenvalue weighted by Gasteiger charge is -2.36. The van der Waals surface area contributed by atoms with Crippen LogP contribution in [0.5, 0.6) is 0 Å². The highest BCUT2D eigenvalue weighted by atomic mass is 79.9. The van der Waals surface area contributed by atoms with E-state index in [9.17, 15) is 13.2 Å². The van der Waals surface area contributed by atoms with E-state index in [1.807, 2.05) is 24.0 Å². The predicted molar refractivity (Wildman–Crippen MR) is 85.2 cm³/mol. The van der Waals surface area contributed by atoms with Crippen molar-refractivity contribution in [2.75, 3.05) is 28.3 Å². The number of halogens is 1. The van der Waals surface area contributed by atoms with Gasteiger partial charge in [-0.15, -0.1) is 0 Å². The molecule has 1 fully saturated rings. The maximum atomic E-state index is 11.7. The lowest BCUT2D eigenvalue weighted by atomic mass is 10.1. The molecule has 21 heavy (non-hydrogen) atoms. The number of carbonyl (C=O) groups excluding carboxylic acids is 1. The Morgan fingerprint density at radius 1 is 1.43 bits per heavy atom. The number of rotatable bonds is 1. The molecule has 0 aromatic heterocycles. The number of nitrogens with one attached hydrogen (secondary N) is 1. The molecule has 114 valence electrons. The Labute approximate surface area is 131 Å². The van der Waals surface area contributed by atoms with Crippen LogP contribution in [0.2, 0.25) is 0 Å². The van der Waals surface area contributed by atoms with E-state index in [2.05, 4.69) is 21.2 Å². The first-order valence-electron chi connectivity index (χ1n) is 6.65. The molecule has 6 nitrogen and oxygen atoms in total. The minimum absolute atomic E-state index is 0.108. The molecular formula is C13H16BrN3O3S. The summed E-state index contributed by atoms with van der Waals surface area (Å²) in [7, 11) is -2.96. The SMILES string of the molecule is CC1CS(=O)(=O)CCN1c1cc2c(cc1Br)C(N)C(=O)N2. The van der Waals surface area contributed by atoms with Gasteiger partial charge in [-0.1, -0.05) is 0 Å². The quantitative estimate of drug-likeness (QED) is 0.766. The number of amides is 1. The summed E-state index contributed by atoms with van der Waals surface area (Å²) in [6.45, 7) is 2.33. The van der Waals surface area contributed by atoms with Crippen molar-refractivity contribution in [1.82, 2.24) is 0 Å². The Kier molecular flexibility index (Phi) is 3.50. The van der Waals surface area contributed by atoms with Crippen molar-refractivity contribution in [3.8, 4) is 0 Å². The van der Waals surface area contributed by atoms with Crippen LogP contribution in [0.25, 0.3) is 0 Å². The van der Waals surface area contributed by atoms with Gasteiger partial charge in [0.25, 0.3) is 0 Å². The van der Waals surface area contributed by atoms with Crippen molar-refractivity contribution >= 4 is 43.0 Å². The van der Waals surface area contributed by atoms with Crippen molar-refractivity contribution in [1.29, 1.82) is 0 Å². The van der Waals surface area contributed by atoms with Crippen LogP contribution in [0.4, 0.5) is 11.4 Å². The fourth-order valence-corrected chi connectivity index (χ4v) is 5.02. The number of sulfone groups is 1. The normalized spacial score (nSPS) is 27.4. The Bertz CT molecular complexity index is 720. The average Bonchev–Trinajstić information content (AvgIpc) is 2.64. The summed E-state index contributed by atoms with van der Waals surface area (Å²) in [6.07, 6.45) is 0. The van der Waals surface area contributed by atoms with Gasteiger partial charge in [-0.05, 0) is 35.0 Å². The van der Waals surface area contributed by atoms with Gasteiger partial charge in [0.15, 0.2) is 9.84 Å². The maximum absolute atomic E-state index is 11.7. The molecular weight excluding hydrogens is 358 g/mol. The zero-order valence-electron chi connectivity index (χ0n) is 11.5. The monoisotopic (exact) mass is 373 g/mol. The van der Waals surface area contributed by atoms with Crippen LogP contribution in [-0.4, -0.2) is 38.4 Å². The summed E-state index contributed by atoms with van der Waals surface area (Å²) in [5.41, 5.74) is 8.16. The highest BCUT2D eigenvalue weighted by molar-refractivity contribution is 9.10. The second-order valence-corrected chi connectivity index (χ2v) is 8.60. The van der Waals surface area contributed by atoms with Crippen LogP contribution < -0.4 is 16.0 Å². The summed E-state index contributed by atoms with van der Waals surface area (Å²) < 4.78 is 24.2. The molecule has 0 bridgehead atoms. The minimum Gasteiger partial charge on any atom is -0.366 e. The van der Waals surface area contributed by atoms with Gasteiger partial charge in [0.2, 0.25) is 5.91 Å². The zero-order valence-corrected chi connectivity index (χ0v) is 13.9. The van der Waals surface area contributed by atoms with Gasteiger partial charge in [-0.2, -0.15) is 0 Å². The molecule has 3 rings (SSSR count). The number of hydrogen-bond donors (Lipinski definition) is 2. The van der Waals surface area contributed by atoms with E-state index < -0.39 is 15.9 Å². The van der Waals surface area contributed by atoms with Gasteiger partial charge in [0, 0.05) is 28.3 Å². The van der Waals surface area contributed by atoms with E-state index in [1.54, 1.807) is 0 Å². The summed E-state index contributed by atoms with van der Waals surface area (Å²) in [5.74, 6) is 0.0677. The third-order valence-corrected chi connectivity index (χ3v) is 6.40. The number of nitrogens with two attached hydrogens (primary N) is 1. The molecule has 2 atom stereocenters. The second-order valence-electron chi connectivity index (χ2n) is 5.51. The van der Waals surface area contributed by atoms with Crippen molar-refractivity contribution in [3.05, 3.63) is 22.2 Å². The molecule has 0 spiro atoms. The highest BCUT2D eigenvalue weighted by Crippen LogP contribution is 2.39. The standard InChI is InChI=1S/C13H16BrN3O3S/c1-7-6-21(19,20)3-2-17(7)11-5-10-8(4-9(11)14)12(15)13(18)16-10/h4-5,7,12H,2-3,6,15H2,1H3,(H,16,18). The number of nitrogens with zero attached hydrogens (tertiary/aromatic N) is 1. The molecule has 0 radical (unpaired) electrons. The minimum atomic E-state index is -2.96. The molecule has 1 aromatic carbocycles. The molecule has 2 aliphatic rings. The van der Waals surface area contributed by atoms with Crippen LogP contribution in [0.1, 0.15) is 18.5 Å². The van der Waals surface area contributed by atoms with E-state index in [4.69, 9.17) is 5.73 Å². The van der Waals surface area contributed by atoms with E-state index in [1.165, 1.54) is 0 Å². The second kappa shape index (κ2) is 4.96. The summed E-state index contributed by atoms with van der Waals surface area (Å²) in [4.78, 5) is 13.7. The predicted octanol–water partition coefficient (Wildman–Crippen LogP) is 1.02. The topological polar surface area (TPSA) is 92.5 Å². The van der Waals surface area contributed by atoms with Crippen molar-refractivity contribution in [2.24, 2.45) is 5.73 Å². The average molecular weight is 374 g/mol. The zero-order chi connectivity index (χ0) is 15.4. The summed E-state index contributed by atoms with van der Waals surface area (Å²) in [5, 5.41) is 2.76. The number of anilines is 2. The molecule has 8 heteroatoms. The Morgan fingerprint density at radius 2 is 2.14 bits per heavy atom. The van der Waals surface area contributed by atoms with Crippen LogP contribution in [0.15, 0.2) is 16.6 Å². The number of hydrogen-bond acceptors (Lipinski definition) is 5. The third kappa shape index (κ3) is 2.56. The Balaban J connectivity index is 1.98. The first kappa shape index (κ1) is 14.8. The molecule has 1 aromatic rings. The van der Waals surface area contributed by atoms with Gasteiger partial charge in [-0.25, -0.2) is 8.42 Å². The van der Waals surface area contributed by atoms with Crippen LogP contribution in [0.3, 0.4) is 0 Å². The fraction of sp³-hybridized carbons (Fsp3) is 0.462. The van der Waals surface area contributed by atoms with E-state index in [-0.39, 0.29) is 23.5 Å². The molecule has 0 aliphatic carbocycles. The van der Waals surface area contributed by atoms with Crippen LogP contribution >= 0.6 is 15.9 Å². The first-order valence-corrected chi connectivity index (χ1v) is 9.27. The fourth-order valence-electron chi connectivity index (χ4n) is 2.87. The molecule has 2 unspecified atom stereocenters. The molecule has 2 heterocycles. The van der Waals surface area contributed by atoms with Crippen LogP contribution in [0, 0.1) is 0 Å². The van der Waals surface area contributed by atoms with Crippen molar-refractivity contribution < 1.29 is 13.2 Å². The van der Waals surface area contributed by atoms with Gasteiger partial charge in [0.05, 0.1) is 17.2 Å². The molecule has 2 aliphatic heterocycles. The molecule has 3 N–H and O–H groups in total. The highest BCUT2D eigenvalue weighted by Gasteiger charge is 2.32. The van der Waals surface area contributed by atoms with Crippen molar-refractivity contribution in [2.45, 2.75) is 19.0 Å². The first-order chi connectivity index (χ1) is 9.78. The van der Waals surface area contributed by atoms with Gasteiger partial charge < -0.3 is 16.0 Å². The summed E-state index contributed by atoms with van der Waals surface area (Å²) >= 11 is 3.50. The summed E-state index contributed by atoms with van der Waals surface area (Å²) in [6, 6.07) is 2.94. The van der Waals surface area contributed by atoms with E-state index in [0.29, 0.717) is 12.2 Å². The number of benzene rings is 1. The Hall–Kier alpha value is -1.12. The van der Waals surface area contributed by atoms with E-state index in [0.717, 1.165) is 15.7 Å². The largest absolute Gasteiger partial charge is 0.366 e. The molecule has 0 saturated carbocycles. The third-order valence-electron chi connectivity index (χ3n) is 3.97. The van der Waals surface area contributed by atoms with Gasteiger partial charge in [0.1, 0.15) is 6.04 Å². The van der Waals surface area contributed by atoms with E-state index >= 15 is 0 Å². The lowest BCUT2D eigenvalue weighted by molar-refractivity contribution is -0.116. The molecule has 1 saturated heterocycles. The van der Waals surface area contributed by atoms with Crippen LogP contribution in [-0.2, 0) is 14.6 Å². The Morgan fingerprint density at radius 3 is 2.81 bits per heavy atom. The van der Waals surface area contributed by atoms with Crippen molar-refractivity contribution in [3.63, 3.8) is 0 Å². The number of carbonyl (C=O) groups is 1. The lowest BCUT2D eigenvalue weighted by Crippen LogP contribution is -2.47. The molecule has 1 amide bonds. The van der Waals surface area contributed by atoms with Gasteiger partial charge >= 0.3 is 0 Å².